The first-order valence-corrected chi connectivity index (χ1v) is 8.93. The molecule has 2 N–H and O–H groups in total. The van der Waals surface area contributed by atoms with Crippen molar-refractivity contribution in [3.05, 3.63) is 28.7 Å². The van der Waals surface area contributed by atoms with Gasteiger partial charge in [0.2, 0.25) is 5.91 Å². The molecule has 0 aromatic carbocycles. The largest absolute Gasteiger partial charge is 0.331 e. The maximum absolute atomic E-state index is 12.3. The Morgan fingerprint density at radius 2 is 2.17 bits per heavy atom. The van der Waals surface area contributed by atoms with Crippen LogP contribution in [-0.4, -0.2) is 45.9 Å². The molecule has 1 saturated heterocycles. The minimum Gasteiger partial charge on any atom is -0.331 e. The molecule has 1 fully saturated rings. The van der Waals surface area contributed by atoms with E-state index in [-0.39, 0.29) is 11.9 Å². The summed E-state index contributed by atoms with van der Waals surface area (Å²) in [4.78, 5) is 27.8. The molecule has 1 amide bonds. The summed E-state index contributed by atoms with van der Waals surface area (Å²) in [6.07, 6.45) is 1.88. The molecule has 0 aliphatic carbocycles. The summed E-state index contributed by atoms with van der Waals surface area (Å²) in [6, 6.07) is 1.85. The van der Waals surface area contributed by atoms with Crippen molar-refractivity contribution >= 4 is 28.2 Å². The molecule has 2 aromatic heterocycles. The smallest absolute Gasteiger partial charge is 0.237 e. The lowest BCUT2D eigenvalue weighted by Gasteiger charge is -2.24. The number of thiazole rings is 1. The highest BCUT2D eigenvalue weighted by atomic mass is 32.1. The topological polar surface area (TPSA) is 83.0 Å². The number of nitrogens with zero attached hydrogens (tertiary/aromatic N) is 4. The minimum atomic E-state index is -0.0515. The van der Waals surface area contributed by atoms with E-state index in [9.17, 15) is 4.79 Å². The van der Waals surface area contributed by atoms with Crippen LogP contribution in [0, 0.1) is 13.8 Å². The summed E-state index contributed by atoms with van der Waals surface area (Å²) in [7, 11) is 1.78. The quantitative estimate of drug-likeness (QED) is 0.863. The number of rotatable bonds is 5. The van der Waals surface area contributed by atoms with Crippen molar-refractivity contribution in [3.63, 3.8) is 0 Å². The van der Waals surface area contributed by atoms with Gasteiger partial charge in [-0.2, -0.15) is 0 Å². The summed E-state index contributed by atoms with van der Waals surface area (Å²) in [6.45, 7) is 5.00. The number of aromatic nitrogens is 3. The average Bonchev–Trinajstić information content (AvgIpc) is 3.16. The SMILES string of the molecule is CNCC(=O)N1CCC[C@@H]1c1nc(C)cc(Nc2nc(C)cs2)n1. The van der Waals surface area contributed by atoms with Gasteiger partial charge < -0.3 is 15.5 Å². The number of hydrogen-bond donors (Lipinski definition) is 2. The Balaban J connectivity index is 1.83. The van der Waals surface area contributed by atoms with Crippen LogP contribution in [0.3, 0.4) is 0 Å². The number of likely N-dealkylation sites (tertiary alicyclic amines) is 1. The van der Waals surface area contributed by atoms with Crippen molar-refractivity contribution in [1.82, 2.24) is 25.2 Å². The molecule has 1 aliphatic heterocycles. The Hall–Kier alpha value is -2.06. The minimum absolute atomic E-state index is 0.0515. The molecular formula is C16H22N6OS. The van der Waals surface area contributed by atoms with Gasteiger partial charge in [-0.1, -0.05) is 0 Å². The molecule has 7 nitrogen and oxygen atoms in total. The zero-order valence-corrected chi connectivity index (χ0v) is 15.0. The Labute approximate surface area is 145 Å². The third-order valence-corrected chi connectivity index (χ3v) is 4.80. The Kier molecular flexibility index (Phi) is 5.06. The van der Waals surface area contributed by atoms with Crippen LogP contribution in [0.4, 0.5) is 10.9 Å². The average molecular weight is 346 g/mol. The number of nitrogens with one attached hydrogen (secondary N) is 2. The molecule has 0 bridgehead atoms. The Bertz CT molecular complexity index is 731. The summed E-state index contributed by atoms with van der Waals surface area (Å²) >= 11 is 1.54. The van der Waals surface area contributed by atoms with Gasteiger partial charge in [0.05, 0.1) is 18.3 Å². The van der Waals surface area contributed by atoms with Gasteiger partial charge in [0.15, 0.2) is 11.0 Å². The molecule has 2 aromatic rings. The highest BCUT2D eigenvalue weighted by Crippen LogP contribution is 2.31. The zero-order valence-electron chi connectivity index (χ0n) is 14.2. The van der Waals surface area contributed by atoms with Gasteiger partial charge in [-0.15, -0.1) is 11.3 Å². The van der Waals surface area contributed by atoms with Crippen LogP contribution in [0.5, 0.6) is 0 Å². The highest BCUT2D eigenvalue weighted by Gasteiger charge is 2.31. The lowest BCUT2D eigenvalue weighted by molar-refractivity contribution is -0.131. The normalized spacial score (nSPS) is 17.3. The van der Waals surface area contributed by atoms with Crippen LogP contribution in [0.2, 0.25) is 0 Å². The van der Waals surface area contributed by atoms with Gasteiger partial charge in [0.1, 0.15) is 5.82 Å². The second kappa shape index (κ2) is 7.23. The van der Waals surface area contributed by atoms with Gasteiger partial charge in [-0.25, -0.2) is 15.0 Å². The summed E-state index contributed by atoms with van der Waals surface area (Å²) in [5, 5.41) is 8.97. The molecule has 0 spiro atoms. The highest BCUT2D eigenvalue weighted by molar-refractivity contribution is 7.13. The molecule has 0 saturated carbocycles. The number of anilines is 2. The van der Waals surface area contributed by atoms with Crippen molar-refractivity contribution in [2.75, 3.05) is 25.5 Å². The van der Waals surface area contributed by atoms with Gasteiger partial charge >= 0.3 is 0 Å². The molecule has 3 rings (SSSR count). The molecular weight excluding hydrogens is 324 g/mol. The standard InChI is InChI=1S/C16H22N6OS/c1-10-7-13(21-16-19-11(2)9-24-16)20-15(18-10)12-5-4-6-22(12)14(23)8-17-3/h7,9,12,17H,4-6,8H2,1-3H3,(H,18,19,20,21)/t12-/m1/s1. The molecule has 0 unspecified atom stereocenters. The first-order chi connectivity index (χ1) is 11.6. The van der Waals surface area contributed by atoms with E-state index in [2.05, 4.69) is 25.6 Å². The van der Waals surface area contributed by atoms with Gasteiger partial charge in [-0.3, -0.25) is 4.79 Å². The number of carbonyl (C=O) groups excluding carboxylic acids is 1. The molecule has 0 radical (unpaired) electrons. The lowest BCUT2D eigenvalue weighted by atomic mass is 10.2. The van der Waals surface area contributed by atoms with Crippen LogP contribution in [-0.2, 0) is 4.79 Å². The summed E-state index contributed by atoms with van der Waals surface area (Å²) < 4.78 is 0. The van der Waals surface area contributed by atoms with Gasteiger partial charge in [0, 0.05) is 23.7 Å². The van der Waals surface area contributed by atoms with E-state index in [1.807, 2.05) is 30.2 Å². The first-order valence-electron chi connectivity index (χ1n) is 8.05. The monoisotopic (exact) mass is 346 g/mol. The Morgan fingerprint density at radius 1 is 1.33 bits per heavy atom. The third kappa shape index (κ3) is 3.70. The van der Waals surface area contributed by atoms with Crippen LogP contribution in [0.25, 0.3) is 0 Å². The maximum Gasteiger partial charge on any atom is 0.237 e. The van der Waals surface area contributed by atoms with E-state index in [0.717, 1.165) is 41.7 Å². The van der Waals surface area contributed by atoms with E-state index in [1.165, 1.54) is 0 Å². The van der Waals surface area contributed by atoms with Gasteiger partial charge in [-0.05, 0) is 33.7 Å². The predicted molar refractivity (Wildman–Crippen MR) is 94.5 cm³/mol. The van der Waals surface area contributed by atoms with Crippen LogP contribution in [0.1, 0.15) is 36.1 Å². The number of hydrogen-bond acceptors (Lipinski definition) is 7. The Morgan fingerprint density at radius 3 is 2.88 bits per heavy atom. The predicted octanol–water partition coefficient (Wildman–Crippen LogP) is 2.18. The van der Waals surface area contributed by atoms with E-state index >= 15 is 0 Å². The fraction of sp³-hybridized carbons (Fsp3) is 0.500. The van der Waals surface area contributed by atoms with Crippen molar-refractivity contribution in [3.8, 4) is 0 Å². The van der Waals surface area contributed by atoms with Crippen molar-refractivity contribution < 1.29 is 4.79 Å². The number of aryl methyl sites for hydroxylation is 2. The van der Waals surface area contributed by atoms with E-state index < -0.39 is 0 Å². The van der Waals surface area contributed by atoms with E-state index in [1.54, 1.807) is 18.4 Å². The number of likely N-dealkylation sites (N-methyl/N-ethyl adjacent to an activating group) is 1. The van der Waals surface area contributed by atoms with Crippen molar-refractivity contribution in [1.29, 1.82) is 0 Å². The molecule has 1 atom stereocenters. The first kappa shape index (κ1) is 16.8. The third-order valence-electron chi connectivity index (χ3n) is 3.92. The molecule has 8 heteroatoms. The van der Waals surface area contributed by atoms with Crippen molar-refractivity contribution in [2.45, 2.75) is 32.7 Å². The van der Waals surface area contributed by atoms with Crippen molar-refractivity contribution in [2.24, 2.45) is 0 Å². The number of amides is 1. The van der Waals surface area contributed by atoms with Crippen LogP contribution >= 0.6 is 11.3 Å². The van der Waals surface area contributed by atoms with Crippen LogP contribution < -0.4 is 10.6 Å². The molecule has 128 valence electrons. The molecule has 3 heterocycles. The zero-order chi connectivity index (χ0) is 17.1. The van der Waals surface area contributed by atoms with E-state index in [4.69, 9.17) is 0 Å². The second-order valence-electron chi connectivity index (χ2n) is 5.95. The fourth-order valence-electron chi connectivity index (χ4n) is 2.91. The fourth-order valence-corrected chi connectivity index (χ4v) is 3.61. The summed E-state index contributed by atoms with van der Waals surface area (Å²) in [5.74, 6) is 1.52. The maximum atomic E-state index is 12.3. The van der Waals surface area contributed by atoms with Crippen LogP contribution in [0.15, 0.2) is 11.4 Å². The van der Waals surface area contributed by atoms with Gasteiger partial charge in [0.25, 0.3) is 0 Å². The van der Waals surface area contributed by atoms with E-state index in [0.29, 0.717) is 12.4 Å². The molecule has 24 heavy (non-hydrogen) atoms. The lowest BCUT2D eigenvalue weighted by Crippen LogP contribution is -2.37. The number of carbonyl (C=O) groups is 1. The second-order valence-corrected chi connectivity index (χ2v) is 6.81. The molecule has 1 aliphatic rings. The summed E-state index contributed by atoms with van der Waals surface area (Å²) in [5.41, 5.74) is 1.86.